The second-order valence-corrected chi connectivity index (χ2v) is 8.28. The zero-order chi connectivity index (χ0) is 16.3. The van der Waals surface area contributed by atoms with Crippen LogP contribution in [0.15, 0.2) is 23.1 Å². The summed E-state index contributed by atoms with van der Waals surface area (Å²) < 4.78 is 30.3. The Balaban J connectivity index is 2.44. The Morgan fingerprint density at radius 3 is 2.55 bits per heavy atom. The van der Waals surface area contributed by atoms with Crippen molar-refractivity contribution in [1.82, 2.24) is 0 Å². The molecule has 0 amide bonds. The zero-order valence-corrected chi connectivity index (χ0v) is 14.3. The highest BCUT2D eigenvalue weighted by Gasteiger charge is 2.24. The van der Waals surface area contributed by atoms with Crippen molar-refractivity contribution in [2.75, 3.05) is 36.5 Å². The topological polar surface area (TPSA) is 84.7 Å². The molecule has 1 fully saturated rings. The van der Waals surface area contributed by atoms with Crippen molar-refractivity contribution in [3.8, 4) is 0 Å². The summed E-state index contributed by atoms with van der Waals surface area (Å²) in [4.78, 5) is 2.35. The summed E-state index contributed by atoms with van der Waals surface area (Å²) in [6, 6.07) is 5.20. The van der Waals surface area contributed by atoms with E-state index in [4.69, 9.17) is 22.7 Å². The predicted molar refractivity (Wildman–Crippen MR) is 92.2 cm³/mol. The minimum Gasteiger partial charge on any atom is -0.378 e. The molecule has 3 N–H and O–H groups in total. The van der Waals surface area contributed by atoms with E-state index in [0.29, 0.717) is 18.9 Å². The van der Waals surface area contributed by atoms with E-state index in [0.717, 1.165) is 18.8 Å². The van der Waals surface area contributed by atoms with Crippen molar-refractivity contribution in [2.24, 2.45) is 5.73 Å². The fourth-order valence-corrected chi connectivity index (χ4v) is 3.56. The molecule has 0 radical (unpaired) electrons. The number of morpholine rings is 1. The SMILES string of the molecule is CC(C)S(=O)(=O)c1ccc(N2CCOCC2)cc1NC(N)=S. The number of hydrogen-bond donors (Lipinski definition) is 2. The predicted octanol–water partition coefficient (Wildman–Crippen LogP) is 1.36. The van der Waals surface area contributed by atoms with Gasteiger partial charge in [-0.15, -0.1) is 0 Å². The Hall–Kier alpha value is -1.38. The van der Waals surface area contributed by atoms with Gasteiger partial charge in [0.15, 0.2) is 14.9 Å². The summed E-state index contributed by atoms with van der Waals surface area (Å²) in [7, 11) is -3.42. The minimum absolute atomic E-state index is 0.0410. The van der Waals surface area contributed by atoms with Crippen molar-refractivity contribution in [2.45, 2.75) is 24.0 Å². The van der Waals surface area contributed by atoms with Gasteiger partial charge in [-0.3, -0.25) is 0 Å². The van der Waals surface area contributed by atoms with Gasteiger partial charge in [0, 0.05) is 18.8 Å². The number of nitrogens with zero attached hydrogens (tertiary/aromatic N) is 1. The highest BCUT2D eigenvalue weighted by atomic mass is 32.2. The molecule has 1 aromatic rings. The number of anilines is 2. The highest BCUT2D eigenvalue weighted by molar-refractivity contribution is 7.92. The first kappa shape index (κ1) is 17.0. The molecule has 0 spiro atoms. The van der Waals surface area contributed by atoms with Crippen LogP contribution in [-0.4, -0.2) is 45.1 Å². The van der Waals surface area contributed by atoms with E-state index in [9.17, 15) is 8.42 Å². The van der Waals surface area contributed by atoms with Crippen LogP contribution in [0.3, 0.4) is 0 Å². The lowest BCUT2D eigenvalue weighted by molar-refractivity contribution is 0.122. The molecule has 0 unspecified atom stereocenters. The molecule has 1 heterocycles. The van der Waals surface area contributed by atoms with Gasteiger partial charge in [0.1, 0.15) is 0 Å². The molecule has 0 atom stereocenters. The average molecular weight is 343 g/mol. The Labute approximate surface area is 136 Å². The lowest BCUT2D eigenvalue weighted by Gasteiger charge is -2.29. The largest absolute Gasteiger partial charge is 0.378 e. The van der Waals surface area contributed by atoms with Gasteiger partial charge in [-0.1, -0.05) is 0 Å². The molecule has 0 aromatic heterocycles. The van der Waals surface area contributed by atoms with E-state index >= 15 is 0 Å². The van der Waals surface area contributed by atoms with Crippen molar-refractivity contribution in [3.05, 3.63) is 18.2 Å². The van der Waals surface area contributed by atoms with Gasteiger partial charge < -0.3 is 20.7 Å². The minimum atomic E-state index is -3.42. The van der Waals surface area contributed by atoms with E-state index in [1.165, 1.54) is 0 Å². The van der Waals surface area contributed by atoms with Crippen LogP contribution in [0, 0.1) is 0 Å². The van der Waals surface area contributed by atoms with Gasteiger partial charge in [-0.2, -0.15) is 0 Å². The highest BCUT2D eigenvalue weighted by Crippen LogP contribution is 2.30. The van der Waals surface area contributed by atoms with E-state index in [-0.39, 0.29) is 10.0 Å². The van der Waals surface area contributed by atoms with E-state index in [1.54, 1.807) is 26.0 Å². The number of rotatable bonds is 4. The Morgan fingerprint density at radius 1 is 1.36 bits per heavy atom. The normalized spacial score (nSPS) is 15.9. The first-order valence-electron chi connectivity index (χ1n) is 7.09. The van der Waals surface area contributed by atoms with Gasteiger partial charge in [-0.25, -0.2) is 8.42 Å². The number of ether oxygens (including phenoxy) is 1. The Kier molecular flexibility index (Phi) is 5.25. The maximum Gasteiger partial charge on any atom is 0.182 e. The zero-order valence-electron chi connectivity index (χ0n) is 12.7. The molecule has 122 valence electrons. The van der Waals surface area contributed by atoms with E-state index < -0.39 is 15.1 Å². The number of sulfone groups is 1. The van der Waals surface area contributed by atoms with Crippen LogP contribution in [0.4, 0.5) is 11.4 Å². The number of nitrogens with two attached hydrogens (primary N) is 1. The van der Waals surface area contributed by atoms with E-state index in [1.807, 2.05) is 6.07 Å². The Bertz CT molecular complexity index is 653. The lowest BCUT2D eigenvalue weighted by Crippen LogP contribution is -2.36. The van der Waals surface area contributed by atoms with E-state index in [2.05, 4.69) is 10.2 Å². The standard InChI is InChI=1S/C14H21N3O3S2/c1-10(2)22(18,19)13-4-3-11(9-12(13)16-14(15)21)17-5-7-20-8-6-17/h3-4,9-10H,5-8H2,1-2H3,(H3,15,16,21). The summed E-state index contributed by atoms with van der Waals surface area (Å²) in [6.07, 6.45) is 0. The monoisotopic (exact) mass is 343 g/mol. The third-order valence-corrected chi connectivity index (χ3v) is 5.84. The van der Waals surface area contributed by atoms with Gasteiger partial charge in [0.05, 0.1) is 29.0 Å². The smallest absolute Gasteiger partial charge is 0.182 e. The van der Waals surface area contributed by atoms with Crippen LogP contribution in [0.2, 0.25) is 0 Å². The molecule has 1 saturated heterocycles. The van der Waals surface area contributed by atoms with Crippen LogP contribution >= 0.6 is 12.2 Å². The molecule has 0 bridgehead atoms. The number of thiocarbonyl (C=S) groups is 1. The lowest BCUT2D eigenvalue weighted by atomic mass is 10.2. The second-order valence-electron chi connectivity index (χ2n) is 5.36. The van der Waals surface area contributed by atoms with Gasteiger partial charge in [0.2, 0.25) is 0 Å². The third-order valence-electron chi connectivity index (χ3n) is 3.52. The van der Waals surface area contributed by atoms with Gasteiger partial charge in [-0.05, 0) is 44.3 Å². The fourth-order valence-electron chi connectivity index (χ4n) is 2.27. The first-order chi connectivity index (χ1) is 10.3. The molecule has 0 aliphatic carbocycles. The number of benzene rings is 1. The van der Waals surface area contributed by atoms with Crippen LogP contribution < -0.4 is 16.0 Å². The summed E-state index contributed by atoms with van der Waals surface area (Å²) in [5.74, 6) is 0. The Morgan fingerprint density at radius 2 is 2.00 bits per heavy atom. The molecular formula is C14H21N3O3S2. The quantitative estimate of drug-likeness (QED) is 0.799. The molecule has 1 aromatic carbocycles. The maximum atomic E-state index is 12.5. The molecule has 22 heavy (non-hydrogen) atoms. The fraction of sp³-hybridized carbons (Fsp3) is 0.500. The summed E-state index contributed by atoms with van der Waals surface area (Å²) >= 11 is 4.86. The average Bonchev–Trinajstić information content (AvgIpc) is 2.47. The van der Waals surface area contributed by atoms with Crippen molar-refractivity contribution in [1.29, 1.82) is 0 Å². The summed E-state index contributed by atoms with van der Waals surface area (Å²) in [6.45, 7) is 6.14. The molecule has 2 rings (SSSR count). The van der Waals surface area contributed by atoms with Gasteiger partial charge in [0.25, 0.3) is 0 Å². The molecule has 6 nitrogen and oxygen atoms in total. The number of hydrogen-bond acceptors (Lipinski definition) is 5. The van der Waals surface area contributed by atoms with Gasteiger partial charge >= 0.3 is 0 Å². The maximum absolute atomic E-state index is 12.5. The second kappa shape index (κ2) is 6.80. The molecule has 0 saturated carbocycles. The molecule has 8 heteroatoms. The molecule has 1 aliphatic rings. The van der Waals surface area contributed by atoms with Crippen LogP contribution in [-0.2, 0) is 14.6 Å². The number of nitrogens with one attached hydrogen (secondary N) is 1. The van der Waals surface area contributed by atoms with Crippen molar-refractivity contribution >= 4 is 38.5 Å². The first-order valence-corrected chi connectivity index (χ1v) is 9.05. The van der Waals surface area contributed by atoms with Crippen LogP contribution in [0.1, 0.15) is 13.8 Å². The van der Waals surface area contributed by atoms with Crippen molar-refractivity contribution in [3.63, 3.8) is 0 Å². The van der Waals surface area contributed by atoms with Crippen LogP contribution in [0.25, 0.3) is 0 Å². The summed E-state index contributed by atoms with van der Waals surface area (Å²) in [5.41, 5.74) is 6.88. The molecular weight excluding hydrogens is 322 g/mol. The summed E-state index contributed by atoms with van der Waals surface area (Å²) in [5, 5.41) is 2.31. The van der Waals surface area contributed by atoms with Crippen molar-refractivity contribution < 1.29 is 13.2 Å². The molecule has 1 aliphatic heterocycles. The third kappa shape index (κ3) is 3.68. The van der Waals surface area contributed by atoms with Crippen LogP contribution in [0.5, 0.6) is 0 Å².